The van der Waals surface area contributed by atoms with Gasteiger partial charge in [0, 0.05) is 17.0 Å². The number of rotatable bonds is 9. The van der Waals surface area contributed by atoms with Gasteiger partial charge in [0.2, 0.25) is 11.8 Å². The van der Waals surface area contributed by atoms with Crippen LogP contribution in [0.2, 0.25) is 5.02 Å². The standard InChI is InChI=1S/C16H23ClN2O2S/c1-3-16(4-2,12-5-7-13(17)8-6-12)11-19-15(21)10-22-9-14(18)20/h5-8H,3-4,9-11H2,1-2H3,(H2,18,20)(H,19,21). The zero-order valence-corrected chi connectivity index (χ0v) is 14.6. The molecule has 0 radical (unpaired) electrons. The Kier molecular flexibility index (Phi) is 7.76. The van der Waals surface area contributed by atoms with Crippen molar-refractivity contribution in [1.82, 2.24) is 5.32 Å². The molecule has 122 valence electrons. The molecule has 0 fully saturated rings. The summed E-state index contributed by atoms with van der Waals surface area (Å²) in [6, 6.07) is 7.79. The maximum absolute atomic E-state index is 11.9. The van der Waals surface area contributed by atoms with Gasteiger partial charge >= 0.3 is 0 Å². The fourth-order valence-electron chi connectivity index (χ4n) is 2.38. The van der Waals surface area contributed by atoms with Crippen LogP contribution < -0.4 is 11.1 Å². The molecular formula is C16H23ClN2O2S. The number of benzene rings is 1. The van der Waals surface area contributed by atoms with Crippen LogP contribution in [-0.2, 0) is 15.0 Å². The maximum Gasteiger partial charge on any atom is 0.230 e. The quantitative estimate of drug-likeness (QED) is 0.724. The molecule has 1 aromatic carbocycles. The number of carbonyl (C=O) groups is 2. The Morgan fingerprint density at radius 2 is 1.77 bits per heavy atom. The predicted octanol–water partition coefficient (Wildman–Crippen LogP) is 2.73. The van der Waals surface area contributed by atoms with Gasteiger partial charge in [-0.25, -0.2) is 0 Å². The van der Waals surface area contributed by atoms with Gasteiger partial charge in [-0.1, -0.05) is 37.6 Å². The Morgan fingerprint density at radius 1 is 1.18 bits per heavy atom. The number of primary amides is 1. The molecule has 0 aliphatic heterocycles. The van der Waals surface area contributed by atoms with Gasteiger partial charge in [0.05, 0.1) is 11.5 Å². The molecule has 6 heteroatoms. The van der Waals surface area contributed by atoms with Crippen LogP contribution in [0.5, 0.6) is 0 Å². The number of thioether (sulfide) groups is 1. The minimum atomic E-state index is -0.407. The van der Waals surface area contributed by atoms with Crippen molar-refractivity contribution < 1.29 is 9.59 Å². The van der Waals surface area contributed by atoms with Gasteiger partial charge in [0.15, 0.2) is 0 Å². The molecule has 0 spiro atoms. The van der Waals surface area contributed by atoms with Gasteiger partial charge in [0.1, 0.15) is 0 Å². The average molecular weight is 343 g/mol. The Bertz CT molecular complexity index is 501. The van der Waals surface area contributed by atoms with E-state index in [-0.39, 0.29) is 22.8 Å². The Balaban J connectivity index is 2.65. The summed E-state index contributed by atoms with van der Waals surface area (Å²) in [5.41, 5.74) is 6.12. The maximum atomic E-state index is 11.9. The second-order valence-corrected chi connectivity index (χ2v) is 6.65. The third-order valence-corrected chi connectivity index (χ3v) is 5.12. The van der Waals surface area contributed by atoms with Crippen LogP contribution in [0.3, 0.4) is 0 Å². The number of nitrogens with one attached hydrogen (secondary N) is 1. The van der Waals surface area contributed by atoms with Crippen LogP contribution in [0.4, 0.5) is 0 Å². The number of carbonyl (C=O) groups excluding carboxylic acids is 2. The molecular weight excluding hydrogens is 320 g/mol. The SMILES string of the molecule is CCC(CC)(CNC(=O)CSCC(N)=O)c1ccc(Cl)cc1. The van der Waals surface area contributed by atoms with Crippen molar-refractivity contribution >= 4 is 35.2 Å². The topological polar surface area (TPSA) is 72.2 Å². The smallest absolute Gasteiger partial charge is 0.230 e. The second-order valence-electron chi connectivity index (χ2n) is 5.23. The first-order valence-corrected chi connectivity index (χ1v) is 8.85. The highest BCUT2D eigenvalue weighted by atomic mass is 35.5. The summed E-state index contributed by atoms with van der Waals surface area (Å²) in [7, 11) is 0. The van der Waals surface area contributed by atoms with E-state index >= 15 is 0 Å². The summed E-state index contributed by atoms with van der Waals surface area (Å²) in [5, 5.41) is 3.67. The Morgan fingerprint density at radius 3 is 2.27 bits per heavy atom. The highest BCUT2D eigenvalue weighted by molar-refractivity contribution is 8.00. The van der Waals surface area contributed by atoms with Gasteiger partial charge in [-0.15, -0.1) is 11.8 Å². The lowest BCUT2D eigenvalue weighted by atomic mass is 9.76. The molecule has 22 heavy (non-hydrogen) atoms. The summed E-state index contributed by atoms with van der Waals surface area (Å²) >= 11 is 7.18. The van der Waals surface area contributed by atoms with Crippen LogP contribution in [0.15, 0.2) is 24.3 Å². The fourth-order valence-corrected chi connectivity index (χ4v) is 3.09. The molecule has 0 aliphatic carbocycles. The predicted molar refractivity (Wildman–Crippen MR) is 93.2 cm³/mol. The lowest BCUT2D eigenvalue weighted by molar-refractivity contribution is -0.118. The number of nitrogens with two attached hydrogens (primary N) is 1. The number of hydrogen-bond donors (Lipinski definition) is 2. The molecule has 0 aromatic heterocycles. The van der Waals surface area contributed by atoms with Gasteiger partial charge in [0.25, 0.3) is 0 Å². The van der Waals surface area contributed by atoms with Crippen LogP contribution >= 0.6 is 23.4 Å². The molecule has 3 N–H and O–H groups in total. The first kappa shape index (κ1) is 18.8. The van der Waals surface area contributed by atoms with Crippen molar-refractivity contribution in [3.05, 3.63) is 34.9 Å². The van der Waals surface area contributed by atoms with E-state index < -0.39 is 5.91 Å². The van der Waals surface area contributed by atoms with Crippen molar-refractivity contribution in [3.8, 4) is 0 Å². The van der Waals surface area contributed by atoms with Crippen LogP contribution in [0, 0.1) is 0 Å². The van der Waals surface area contributed by atoms with Crippen LogP contribution in [0.1, 0.15) is 32.3 Å². The number of hydrogen-bond acceptors (Lipinski definition) is 3. The first-order valence-electron chi connectivity index (χ1n) is 7.32. The van der Waals surface area contributed by atoms with Crippen LogP contribution in [-0.4, -0.2) is 29.9 Å². The van der Waals surface area contributed by atoms with Crippen LogP contribution in [0.25, 0.3) is 0 Å². The molecule has 1 rings (SSSR count). The van der Waals surface area contributed by atoms with E-state index in [0.29, 0.717) is 11.6 Å². The minimum absolute atomic E-state index is 0.0773. The van der Waals surface area contributed by atoms with E-state index in [4.69, 9.17) is 17.3 Å². The summed E-state index contributed by atoms with van der Waals surface area (Å²) < 4.78 is 0. The summed E-state index contributed by atoms with van der Waals surface area (Å²) in [6.07, 6.45) is 1.83. The van der Waals surface area contributed by atoms with Crippen molar-refractivity contribution in [2.75, 3.05) is 18.1 Å². The molecule has 0 saturated carbocycles. The van der Waals surface area contributed by atoms with E-state index in [1.54, 1.807) is 0 Å². The molecule has 1 aromatic rings. The van der Waals surface area contributed by atoms with Crippen molar-refractivity contribution in [3.63, 3.8) is 0 Å². The molecule has 0 saturated heterocycles. The molecule has 0 atom stereocenters. The largest absolute Gasteiger partial charge is 0.369 e. The minimum Gasteiger partial charge on any atom is -0.369 e. The monoisotopic (exact) mass is 342 g/mol. The van der Waals surface area contributed by atoms with Gasteiger partial charge in [-0.3, -0.25) is 9.59 Å². The highest BCUT2D eigenvalue weighted by Gasteiger charge is 2.28. The van der Waals surface area contributed by atoms with E-state index in [1.165, 1.54) is 17.3 Å². The highest BCUT2D eigenvalue weighted by Crippen LogP contribution is 2.31. The lowest BCUT2D eigenvalue weighted by Gasteiger charge is -2.32. The second kappa shape index (κ2) is 9.06. The van der Waals surface area contributed by atoms with Gasteiger partial charge < -0.3 is 11.1 Å². The van der Waals surface area contributed by atoms with Crippen molar-refractivity contribution in [1.29, 1.82) is 0 Å². The zero-order chi connectivity index (χ0) is 16.6. The summed E-state index contributed by atoms with van der Waals surface area (Å²) in [4.78, 5) is 22.5. The Hall–Kier alpha value is -1.20. The molecule has 4 nitrogen and oxygen atoms in total. The average Bonchev–Trinajstić information content (AvgIpc) is 2.50. The van der Waals surface area contributed by atoms with E-state index in [1.807, 2.05) is 24.3 Å². The third-order valence-electron chi connectivity index (χ3n) is 3.91. The molecule has 0 bridgehead atoms. The molecule has 0 unspecified atom stereocenters. The van der Waals surface area contributed by atoms with Gasteiger partial charge in [-0.05, 0) is 30.5 Å². The molecule has 2 amide bonds. The summed E-state index contributed by atoms with van der Waals surface area (Å²) in [6.45, 7) is 4.80. The lowest BCUT2D eigenvalue weighted by Crippen LogP contribution is -2.40. The van der Waals surface area contributed by atoms with Crippen molar-refractivity contribution in [2.45, 2.75) is 32.1 Å². The first-order chi connectivity index (χ1) is 10.4. The normalized spacial score (nSPS) is 11.2. The number of halogens is 1. The zero-order valence-electron chi connectivity index (χ0n) is 13.0. The van der Waals surface area contributed by atoms with Crippen molar-refractivity contribution in [2.24, 2.45) is 5.73 Å². The summed E-state index contributed by atoms with van der Waals surface area (Å²) in [5.74, 6) is -0.0772. The fraction of sp³-hybridized carbons (Fsp3) is 0.500. The Labute approximate surface area is 141 Å². The molecule has 0 aliphatic rings. The molecule has 0 heterocycles. The van der Waals surface area contributed by atoms with E-state index in [2.05, 4.69) is 19.2 Å². The van der Waals surface area contributed by atoms with E-state index in [0.717, 1.165) is 12.8 Å². The third kappa shape index (κ3) is 5.54. The van der Waals surface area contributed by atoms with E-state index in [9.17, 15) is 9.59 Å². The number of amides is 2. The van der Waals surface area contributed by atoms with Gasteiger partial charge in [-0.2, -0.15) is 0 Å².